The fourth-order valence-corrected chi connectivity index (χ4v) is 3.30. The van der Waals surface area contributed by atoms with E-state index in [9.17, 15) is 0 Å². The second-order valence-electron chi connectivity index (χ2n) is 7.52. The number of piperazine rings is 1. The molecule has 1 heterocycles. The molecule has 1 aliphatic carbocycles. The van der Waals surface area contributed by atoms with Crippen molar-refractivity contribution >= 4 is 0 Å². The van der Waals surface area contributed by atoms with Crippen molar-refractivity contribution < 1.29 is 0 Å². The highest BCUT2D eigenvalue weighted by Gasteiger charge is 2.41. The van der Waals surface area contributed by atoms with Crippen molar-refractivity contribution in [3.63, 3.8) is 0 Å². The Morgan fingerprint density at radius 1 is 1.15 bits per heavy atom. The van der Waals surface area contributed by atoms with Crippen LogP contribution in [0.2, 0.25) is 0 Å². The first-order chi connectivity index (χ1) is 9.50. The second-order valence-corrected chi connectivity index (χ2v) is 7.52. The molecule has 2 fully saturated rings. The molecule has 1 N–H and O–H groups in total. The van der Waals surface area contributed by atoms with Crippen molar-refractivity contribution in [2.75, 3.05) is 19.6 Å². The molecule has 1 aromatic carbocycles. The second kappa shape index (κ2) is 5.16. The summed E-state index contributed by atoms with van der Waals surface area (Å²) in [5.74, 6) is 1.02. The molecule has 20 heavy (non-hydrogen) atoms. The minimum atomic E-state index is 0.0837. The van der Waals surface area contributed by atoms with E-state index in [1.54, 1.807) is 0 Å². The summed E-state index contributed by atoms with van der Waals surface area (Å²) in [5, 5.41) is 3.79. The van der Waals surface area contributed by atoms with Crippen LogP contribution in [0.25, 0.3) is 0 Å². The number of nitrogens with one attached hydrogen (secondary N) is 1. The highest BCUT2D eigenvalue weighted by Crippen LogP contribution is 2.35. The number of hydrogen-bond donors (Lipinski definition) is 1. The topological polar surface area (TPSA) is 15.3 Å². The average molecular weight is 272 g/mol. The van der Waals surface area contributed by atoms with Crippen molar-refractivity contribution in [3.05, 3.63) is 35.9 Å². The Morgan fingerprint density at radius 2 is 1.85 bits per heavy atom. The van der Waals surface area contributed by atoms with Crippen LogP contribution in [0, 0.1) is 5.92 Å². The summed E-state index contributed by atoms with van der Waals surface area (Å²) in [6, 6.07) is 10.9. The van der Waals surface area contributed by atoms with Crippen molar-refractivity contribution in [1.29, 1.82) is 0 Å². The Labute approximate surface area is 123 Å². The summed E-state index contributed by atoms with van der Waals surface area (Å²) in [7, 11) is 0. The molecule has 0 bridgehead atoms. The predicted molar refractivity (Wildman–Crippen MR) is 84.8 cm³/mol. The minimum Gasteiger partial charge on any atom is -0.305 e. The lowest BCUT2D eigenvalue weighted by molar-refractivity contribution is 0.0294. The van der Waals surface area contributed by atoms with Crippen molar-refractivity contribution in [1.82, 2.24) is 10.2 Å². The molecule has 1 saturated carbocycles. The maximum absolute atomic E-state index is 3.79. The largest absolute Gasteiger partial charge is 0.305 e. The van der Waals surface area contributed by atoms with Gasteiger partial charge in [0.15, 0.2) is 0 Å². The van der Waals surface area contributed by atoms with E-state index in [0.29, 0.717) is 0 Å². The van der Waals surface area contributed by atoms with Crippen molar-refractivity contribution in [3.8, 4) is 0 Å². The summed E-state index contributed by atoms with van der Waals surface area (Å²) >= 11 is 0. The lowest BCUT2D eigenvalue weighted by Gasteiger charge is -2.51. The van der Waals surface area contributed by atoms with Gasteiger partial charge < -0.3 is 5.32 Å². The first kappa shape index (κ1) is 14.1. The van der Waals surface area contributed by atoms with Crippen molar-refractivity contribution in [2.45, 2.75) is 51.1 Å². The molecule has 2 aliphatic rings. The molecule has 0 amide bonds. The van der Waals surface area contributed by atoms with E-state index >= 15 is 0 Å². The lowest BCUT2D eigenvalue weighted by Crippen LogP contribution is -2.65. The zero-order valence-corrected chi connectivity index (χ0v) is 13.2. The van der Waals surface area contributed by atoms with Crippen LogP contribution in [0.15, 0.2) is 30.3 Å². The van der Waals surface area contributed by atoms with E-state index in [2.05, 4.69) is 61.3 Å². The Hall–Kier alpha value is -0.860. The zero-order valence-electron chi connectivity index (χ0n) is 13.2. The van der Waals surface area contributed by atoms with Crippen molar-refractivity contribution in [2.24, 2.45) is 5.92 Å². The first-order valence-electron chi connectivity index (χ1n) is 8.05. The maximum Gasteiger partial charge on any atom is 0.0535 e. The van der Waals surface area contributed by atoms with Crippen LogP contribution in [0.1, 0.15) is 45.6 Å². The molecule has 3 rings (SSSR count). The summed E-state index contributed by atoms with van der Waals surface area (Å²) in [5.41, 5.74) is 1.76. The molecule has 2 nitrogen and oxygen atoms in total. The van der Waals surface area contributed by atoms with Crippen LogP contribution in [0.3, 0.4) is 0 Å². The Kier molecular flexibility index (Phi) is 3.64. The Balaban J connectivity index is 1.74. The molecule has 0 aromatic heterocycles. The molecule has 1 unspecified atom stereocenters. The van der Waals surface area contributed by atoms with Gasteiger partial charge in [0.2, 0.25) is 0 Å². The van der Waals surface area contributed by atoms with Gasteiger partial charge in [0.1, 0.15) is 0 Å². The van der Waals surface area contributed by atoms with Crippen LogP contribution in [-0.4, -0.2) is 30.1 Å². The SMILES string of the molecule is CC1(c2ccccc2)CN(CCC2CC2)C(C)(C)CN1. The third-order valence-electron chi connectivity index (χ3n) is 5.19. The number of rotatable bonds is 4. The van der Waals surface area contributed by atoms with Crippen LogP contribution in [0.5, 0.6) is 0 Å². The molecule has 2 heteroatoms. The quantitative estimate of drug-likeness (QED) is 0.904. The molecular weight excluding hydrogens is 244 g/mol. The standard InChI is InChI=1S/C18H28N2/c1-17(2)13-19-18(3,16-7-5-4-6-8-16)14-20(17)12-11-15-9-10-15/h4-8,15,19H,9-14H2,1-3H3. The average Bonchev–Trinajstić information content (AvgIpc) is 3.25. The van der Waals surface area contributed by atoms with E-state index in [4.69, 9.17) is 0 Å². The summed E-state index contributed by atoms with van der Waals surface area (Å²) in [6.07, 6.45) is 4.30. The monoisotopic (exact) mass is 272 g/mol. The van der Waals surface area contributed by atoms with Crippen LogP contribution < -0.4 is 5.32 Å². The van der Waals surface area contributed by atoms with Gasteiger partial charge in [0.05, 0.1) is 5.54 Å². The van der Waals surface area contributed by atoms with Gasteiger partial charge in [-0.2, -0.15) is 0 Å². The third-order valence-corrected chi connectivity index (χ3v) is 5.19. The Morgan fingerprint density at radius 3 is 2.50 bits per heavy atom. The van der Waals surface area contributed by atoms with Gasteiger partial charge >= 0.3 is 0 Å². The fraction of sp³-hybridized carbons (Fsp3) is 0.667. The fourth-order valence-electron chi connectivity index (χ4n) is 3.30. The van der Waals surface area contributed by atoms with Gasteiger partial charge in [0, 0.05) is 18.6 Å². The number of hydrogen-bond acceptors (Lipinski definition) is 2. The van der Waals surface area contributed by atoms with Gasteiger partial charge in [-0.25, -0.2) is 0 Å². The lowest BCUT2D eigenvalue weighted by atomic mass is 9.84. The highest BCUT2D eigenvalue weighted by molar-refractivity contribution is 5.25. The molecule has 1 aliphatic heterocycles. The molecule has 0 spiro atoms. The molecule has 0 radical (unpaired) electrons. The minimum absolute atomic E-state index is 0.0837. The number of nitrogens with zero attached hydrogens (tertiary/aromatic N) is 1. The van der Waals surface area contributed by atoms with E-state index in [1.165, 1.54) is 31.4 Å². The predicted octanol–water partition coefficient (Wildman–Crippen LogP) is 3.39. The van der Waals surface area contributed by atoms with E-state index in [0.717, 1.165) is 19.0 Å². The van der Waals surface area contributed by atoms with Crippen LogP contribution in [-0.2, 0) is 5.54 Å². The van der Waals surface area contributed by atoms with Gasteiger partial charge in [-0.05, 0) is 45.2 Å². The van der Waals surface area contributed by atoms with E-state index in [1.807, 2.05) is 0 Å². The van der Waals surface area contributed by atoms with E-state index < -0.39 is 0 Å². The van der Waals surface area contributed by atoms with Gasteiger partial charge in [0.25, 0.3) is 0 Å². The molecule has 1 aromatic rings. The molecule has 110 valence electrons. The maximum atomic E-state index is 3.79. The molecule has 1 saturated heterocycles. The van der Waals surface area contributed by atoms with Gasteiger partial charge in [-0.15, -0.1) is 0 Å². The first-order valence-corrected chi connectivity index (χ1v) is 8.05. The van der Waals surface area contributed by atoms with Gasteiger partial charge in [-0.3, -0.25) is 4.90 Å². The summed E-state index contributed by atoms with van der Waals surface area (Å²) in [6.45, 7) is 10.5. The third kappa shape index (κ3) is 2.91. The molecular formula is C18H28N2. The van der Waals surface area contributed by atoms with Gasteiger partial charge in [-0.1, -0.05) is 43.2 Å². The van der Waals surface area contributed by atoms with Crippen LogP contribution >= 0.6 is 0 Å². The highest BCUT2D eigenvalue weighted by atomic mass is 15.3. The van der Waals surface area contributed by atoms with E-state index in [-0.39, 0.29) is 11.1 Å². The Bertz CT molecular complexity index is 450. The number of benzene rings is 1. The summed E-state index contributed by atoms with van der Waals surface area (Å²) in [4.78, 5) is 2.70. The zero-order chi connectivity index (χ0) is 14.2. The summed E-state index contributed by atoms with van der Waals surface area (Å²) < 4.78 is 0. The smallest absolute Gasteiger partial charge is 0.0535 e. The normalized spacial score (nSPS) is 30.4. The molecule has 1 atom stereocenters. The van der Waals surface area contributed by atoms with Crippen LogP contribution in [0.4, 0.5) is 0 Å².